The van der Waals surface area contributed by atoms with Crippen molar-refractivity contribution in [3.05, 3.63) is 81.0 Å². The van der Waals surface area contributed by atoms with Gasteiger partial charge in [0.2, 0.25) is 0 Å². The number of hydrogen-bond donors (Lipinski definition) is 1. The molecule has 2 aromatic heterocycles. The van der Waals surface area contributed by atoms with Crippen molar-refractivity contribution in [3.63, 3.8) is 0 Å². The number of thiophene rings is 1. The Balaban J connectivity index is 1.46. The first-order valence-corrected chi connectivity index (χ1v) is 11.3. The zero-order valence-electron chi connectivity index (χ0n) is 17.9. The highest BCUT2D eigenvalue weighted by Gasteiger charge is 2.32. The van der Waals surface area contributed by atoms with Gasteiger partial charge in [-0.3, -0.25) is 9.59 Å². The number of benzene rings is 2. The molecule has 0 fully saturated rings. The molecular formula is C25H18F3NO4S. The van der Waals surface area contributed by atoms with Crippen LogP contribution in [0.25, 0.3) is 21.3 Å². The Kier molecular flexibility index (Phi) is 5.44. The molecule has 34 heavy (non-hydrogen) atoms. The van der Waals surface area contributed by atoms with E-state index >= 15 is 0 Å². The summed E-state index contributed by atoms with van der Waals surface area (Å²) >= 11 is 1.41. The molecule has 1 unspecified atom stereocenters. The van der Waals surface area contributed by atoms with Crippen LogP contribution in [0.5, 0.6) is 11.5 Å². The Morgan fingerprint density at radius 3 is 2.59 bits per heavy atom. The Bertz CT molecular complexity index is 1470. The summed E-state index contributed by atoms with van der Waals surface area (Å²) in [5, 5.41) is 0.436. The summed E-state index contributed by atoms with van der Waals surface area (Å²) in [4.78, 5) is 30.8. The first kappa shape index (κ1) is 22.2. The van der Waals surface area contributed by atoms with Crippen LogP contribution in [-0.2, 0) is 6.42 Å². The van der Waals surface area contributed by atoms with Crippen LogP contribution in [0.4, 0.5) is 13.2 Å². The van der Waals surface area contributed by atoms with E-state index in [1.54, 1.807) is 24.3 Å². The molecule has 0 aliphatic heterocycles. The number of pyridine rings is 1. The van der Waals surface area contributed by atoms with Crippen LogP contribution in [0, 0.1) is 0 Å². The molecule has 0 saturated carbocycles. The van der Waals surface area contributed by atoms with E-state index in [1.807, 2.05) is 12.1 Å². The first-order valence-electron chi connectivity index (χ1n) is 10.4. The predicted molar refractivity (Wildman–Crippen MR) is 123 cm³/mol. The van der Waals surface area contributed by atoms with Crippen LogP contribution in [0.1, 0.15) is 33.3 Å². The first-order chi connectivity index (χ1) is 16.2. The minimum atomic E-state index is -4.76. The number of fused-ring (bicyclic) bond motifs is 2. The lowest BCUT2D eigenvalue weighted by atomic mass is 9.84. The highest BCUT2D eigenvalue weighted by molar-refractivity contribution is 7.15. The van der Waals surface area contributed by atoms with Crippen LogP contribution < -0.4 is 14.9 Å². The normalized spacial score (nSPS) is 15.9. The van der Waals surface area contributed by atoms with E-state index in [4.69, 9.17) is 4.74 Å². The quantitative estimate of drug-likeness (QED) is 0.381. The minimum Gasteiger partial charge on any atom is -0.497 e. The summed E-state index contributed by atoms with van der Waals surface area (Å²) in [6.45, 7) is 0. The van der Waals surface area contributed by atoms with Crippen molar-refractivity contribution in [1.82, 2.24) is 4.98 Å². The summed E-state index contributed by atoms with van der Waals surface area (Å²) in [5.74, 6) is -0.0594. The third kappa shape index (κ3) is 4.19. The van der Waals surface area contributed by atoms with Crippen molar-refractivity contribution in [3.8, 4) is 21.9 Å². The number of hydrogen-bond acceptors (Lipinski definition) is 5. The topological polar surface area (TPSA) is 68.4 Å². The molecule has 0 amide bonds. The van der Waals surface area contributed by atoms with Crippen LogP contribution >= 0.6 is 11.3 Å². The molecule has 5 nitrogen and oxygen atoms in total. The summed E-state index contributed by atoms with van der Waals surface area (Å²) in [6.07, 6.45) is -4.10. The Labute approximate surface area is 195 Å². The maximum atomic E-state index is 13.0. The molecule has 1 N–H and O–H groups in total. The summed E-state index contributed by atoms with van der Waals surface area (Å²) in [5.41, 5.74) is 1.69. The van der Waals surface area contributed by atoms with Gasteiger partial charge in [0.1, 0.15) is 11.5 Å². The molecule has 4 aromatic rings. The zero-order valence-corrected chi connectivity index (χ0v) is 18.7. The standard InChI is InChI=1S/C25H18F3NO4S/c1-32-15-5-6-17-18(12-15)29-19-10-14(11-20(30)23(19)24(17)31)22-8-7-21(34-22)13-3-2-4-16(9-13)33-25(26,27)28/h2-9,12,14H,10-11H2,1H3,(H,29,31). The summed E-state index contributed by atoms with van der Waals surface area (Å²) in [7, 11) is 1.54. The summed E-state index contributed by atoms with van der Waals surface area (Å²) in [6, 6.07) is 14.5. The van der Waals surface area contributed by atoms with Crippen molar-refractivity contribution in [2.24, 2.45) is 0 Å². The molecule has 1 atom stereocenters. The van der Waals surface area contributed by atoms with Gasteiger partial charge in [0.15, 0.2) is 11.2 Å². The third-order valence-electron chi connectivity index (χ3n) is 5.83. The molecule has 9 heteroatoms. The van der Waals surface area contributed by atoms with Crippen molar-refractivity contribution in [2.45, 2.75) is 25.1 Å². The van der Waals surface area contributed by atoms with E-state index in [-0.39, 0.29) is 34.9 Å². The lowest BCUT2D eigenvalue weighted by molar-refractivity contribution is -0.274. The largest absolute Gasteiger partial charge is 0.573 e. The monoisotopic (exact) mass is 485 g/mol. The van der Waals surface area contributed by atoms with Crippen LogP contribution in [0.15, 0.2) is 59.4 Å². The van der Waals surface area contributed by atoms with E-state index in [1.165, 1.54) is 36.6 Å². The van der Waals surface area contributed by atoms with Gasteiger partial charge < -0.3 is 14.5 Å². The Hall–Kier alpha value is -3.59. The van der Waals surface area contributed by atoms with Crippen LogP contribution in [-0.4, -0.2) is 24.2 Å². The van der Waals surface area contributed by atoms with E-state index in [0.29, 0.717) is 34.3 Å². The lowest BCUT2D eigenvalue weighted by Crippen LogP contribution is -2.27. The number of aromatic amines is 1. The summed E-state index contributed by atoms with van der Waals surface area (Å²) < 4.78 is 47.0. The fourth-order valence-electron chi connectivity index (χ4n) is 4.32. The van der Waals surface area contributed by atoms with E-state index < -0.39 is 6.36 Å². The SMILES string of the molecule is COc1ccc2c(=O)c3c([nH]c2c1)CC(c1ccc(-c2cccc(OC(F)(F)F)c2)s1)CC3=O. The third-order valence-corrected chi connectivity index (χ3v) is 7.13. The highest BCUT2D eigenvalue weighted by atomic mass is 32.1. The highest BCUT2D eigenvalue weighted by Crippen LogP contribution is 2.39. The fraction of sp³-hybridized carbons (Fsp3) is 0.200. The van der Waals surface area contributed by atoms with Gasteiger partial charge in [-0.05, 0) is 48.4 Å². The number of ether oxygens (including phenoxy) is 2. The van der Waals surface area contributed by atoms with Gasteiger partial charge in [0.25, 0.3) is 0 Å². The molecule has 0 bridgehead atoms. The van der Waals surface area contributed by atoms with Gasteiger partial charge in [-0.1, -0.05) is 12.1 Å². The molecule has 0 saturated heterocycles. The number of Topliss-reactive ketones (excluding diaryl/α,β-unsaturated/α-hetero) is 1. The molecular weight excluding hydrogens is 467 g/mol. The molecule has 1 aliphatic rings. The van der Waals surface area contributed by atoms with Gasteiger partial charge in [-0.2, -0.15) is 0 Å². The molecule has 1 aliphatic carbocycles. The second-order valence-electron chi connectivity index (χ2n) is 8.03. The number of ketones is 1. The Morgan fingerprint density at radius 2 is 1.82 bits per heavy atom. The van der Waals surface area contributed by atoms with E-state index in [0.717, 1.165) is 9.75 Å². The number of rotatable bonds is 4. The van der Waals surface area contributed by atoms with Crippen molar-refractivity contribution < 1.29 is 27.4 Å². The van der Waals surface area contributed by atoms with Crippen LogP contribution in [0.3, 0.4) is 0 Å². The lowest BCUT2D eigenvalue weighted by Gasteiger charge is -2.23. The molecule has 5 rings (SSSR count). The number of carbonyl (C=O) groups is 1. The van der Waals surface area contributed by atoms with Gasteiger partial charge in [-0.25, -0.2) is 0 Å². The molecule has 0 spiro atoms. The predicted octanol–water partition coefficient (Wildman–Crippen LogP) is 6.08. The van der Waals surface area contributed by atoms with Crippen molar-refractivity contribution in [2.75, 3.05) is 7.11 Å². The maximum absolute atomic E-state index is 13.0. The van der Waals surface area contributed by atoms with E-state index in [2.05, 4.69) is 9.72 Å². The smallest absolute Gasteiger partial charge is 0.497 e. The molecule has 2 aromatic carbocycles. The number of halogens is 3. The van der Waals surface area contributed by atoms with Gasteiger partial charge in [-0.15, -0.1) is 24.5 Å². The number of alkyl halides is 3. The number of methoxy groups -OCH3 is 1. The minimum absolute atomic E-state index is 0.146. The number of carbonyl (C=O) groups excluding carboxylic acids is 1. The van der Waals surface area contributed by atoms with Crippen molar-refractivity contribution in [1.29, 1.82) is 0 Å². The van der Waals surface area contributed by atoms with Crippen LogP contribution in [0.2, 0.25) is 0 Å². The number of aromatic nitrogens is 1. The second-order valence-corrected chi connectivity index (χ2v) is 9.14. The molecule has 174 valence electrons. The fourth-order valence-corrected chi connectivity index (χ4v) is 5.42. The average Bonchev–Trinajstić information content (AvgIpc) is 3.28. The second kappa shape index (κ2) is 8.32. The molecule has 2 heterocycles. The average molecular weight is 485 g/mol. The van der Waals surface area contributed by atoms with Gasteiger partial charge in [0, 0.05) is 39.2 Å². The van der Waals surface area contributed by atoms with E-state index in [9.17, 15) is 22.8 Å². The molecule has 0 radical (unpaired) electrons. The number of nitrogens with one attached hydrogen (secondary N) is 1. The Morgan fingerprint density at radius 1 is 1.00 bits per heavy atom. The maximum Gasteiger partial charge on any atom is 0.573 e. The number of H-pyrrole nitrogens is 1. The zero-order chi connectivity index (χ0) is 24.0. The van der Waals surface area contributed by atoms with Crippen molar-refractivity contribution >= 4 is 28.0 Å². The van der Waals surface area contributed by atoms with Gasteiger partial charge >= 0.3 is 6.36 Å². The van der Waals surface area contributed by atoms with Gasteiger partial charge in [0.05, 0.1) is 18.2 Å².